The average Bonchev–Trinajstić information content (AvgIpc) is 2.95. The first-order valence-corrected chi connectivity index (χ1v) is 8.65. The molecular weight excluding hydrogens is 296 g/mol. The van der Waals surface area contributed by atoms with E-state index in [2.05, 4.69) is 15.8 Å². The minimum Gasteiger partial charge on any atom is -0.361 e. The molecule has 0 saturated heterocycles. The maximum absolute atomic E-state index is 12.2. The number of sulfonamides is 1. The van der Waals surface area contributed by atoms with E-state index in [0.29, 0.717) is 17.9 Å². The maximum Gasteiger partial charge on any atom is 0.240 e. The van der Waals surface area contributed by atoms with Crippen LogP contribution < -0.4 is 4.72 Å². The number of hydrogen-bond acceptors (Lipinski definition) is 2. The Bertz CT molecular complexity index is 880. The molecule has 2 N–H and O–H groups in total. The largest absolute Gasteiger partial charge is 0.361 e. The monoisotopic (exact) mass is 314 g/mol. The van der Waals surface area contributed by atoms with Crippen molar-refractivity contribution in [1.82, 2.24) is 9.71 Å². The molecule has 0 unspecified atom stereocenters. The zero-order valence-corrected chi connectivity index (χ0v) is 13.2. The van der Waals surface area contributed by atoms with Gasteiger partial charge in [0.1, 0.15) is 0 Å². The molecule has 0 aliphatic rings. The molecule has 114 valence electrons. The Balaban J connectivity index is 1.65. The summed E-state index contributed by atoms with van der Waals surface area (Å²) in [6.07, 6.45) is 2.56. The Labute approximate surface area is 130 Å². The fourth-order valence-corrected chi connectivity index (χ4v) is 3.42. The predicted molar refractivity (Wildman–Crippen MR) is 88.4 cm³/mol. The molecule has 1 aromatic heterocycles. The van der Waals surface area contributed by atoms with Gasteiger partial charge in [-0.3, -0.25) is 0 Å². The van der Waals surface area contributed by atoms with Crippen LogP contribution >= 0.6 is 0 Å². The molecular formula is C17H18N2O2S. The number of fused-ring (bicyclic) bond motifs is 1. The molecule has 0 spiro atoms. The Morgan fingerprint density at radius 1 is 1.05 bits per heavy atom. The third-order valence-electron chi connectivity index (χ3n) is 3.65. The van der Waals surface area contributed by atoms with Crippen molar-refractivity contribution in [3.8, 4) is 0 Å². The zero-order chi connectivity index (χ0) is 15.6. The van der Waals surface area contributed by atoms with Gasteiger partial charge in [0.2, 0.25) is 10.0 Å². The van der Waals surface area contributed by atoms with Gasteiger partial charge >= 0.3 is 0 Å². The number of benzene rings is 2. The SMILES string of the molecule is Cc1ccc(S(=O)(=O)NCCc2ccc3[nH]ccc3c2)cc1. The fraction of sp³-hybridized carbons (Fsp3) is 0.176. The number of aromatic amines is 1. The van der Waals surface area contributed by atoms with Gasteiger partial charge in [-0.05, 0) is 54.6 Å². The standard InChI is InChI=1S/C17H18N2O2S/c1-13-2-5-16(6-3-13)22(20,21)19-11-8-14-4-7-17-15(12-14)9-10-18-17/h2-7,9-10,12,18-19H,8,11H2,1H3. The second-order valence-corrected chi connectivity index (χ2v) is 7.13. The van der Waals surface area contributed by atoms with E-state index in [1.165, 1.54) is 0 Å². The van der Waals surface area contributed by atoms with E-state index in [4.69, 9.17) is 0 Å². The third kappa shape index (κ3) is 3.21. The first-order chi connectivity index (χ1) is 10.5. The first-order valence-electron chi connectivity index (χ1n) is 7.17. The molecule has 3 aromatic rings. The number of H-pyrrole nitrogens is 1. The quantitative estimate of drug-likeness (QED) is 0.760. The Morgan fingerprint density at radius 3 is 2.59 bits per heavy atom. The van der Waals surface area contributed by atoms with Crippen LogP contribution in [0.1, 0.15) is 11.1 Å². The molecule has 0 fully saturated rings. The lowest BCUT2D eigenvalue weighted by atomic mass is 10.1. The van der Waals surface area contributed by atoms with Gasteiger partial charge in [-0.15, -0.1) is 0 Å². The minimum atomic E-state index is -3.44. The van der Waals surface area contributed by atoms with Crippen LogP contribution in [-0.2, 0) is 16.4 Å². The van der Waals surface area contributed by atoms with Gasteiger partial charge in [0.05, 0.1) is 4.90 Å². The minimum absolute atomic E-state index is 0.305. The molecule has 4 nitrogen and oxygen atoms in total. The highest BCUT2D eigenvalue weighted by molar-refractivity contribution is 7.89. The topological polar surface area (TPSA) is 62.0 Å². The van der Waals surface area contributed by atoms with Gasteiger partial charge < -0.3 is 4.98 Å². The van der Waals surface area contributed by atoms with Gasteiger partial charge in [-0.25, -0.2) is 13.1 Å². The molecule has 3 rings (SSSR count). The fourth-order valence-electron chi connectivity index (χ4n) is 2.39. The lowest BCUT2D eigenvalue weighted by Crippen LogP contribution is -2.25. The number of aromatic nitrogens is 1. The van der Waals surface area contributed by atoms with Crippen LogP contribution in [0.4, 0.5) is 0 Å². The highest BCUT2D eigenvalue weighted by atomic mass is 32.2. The lowest BCUT2D eigenvalue weighted by molar-refractivity contribution is 0.581. The molecule has 0 amide bonds. The van der Waals surface area contributed by atoms with E-state index in [0.717, 1.165) is 22.0 Å². The number of aryl methyl sites for hydroxylation is 1. The number of rotatable bonds is 5. The Kier molecular flexibility index (Phi) is 4.00. The summed E-state index contributed by atoms with van der Waals surface area (Å²) in [6, 6.07) is 15.0. The Morgan fingerprint density at radius 2 is 1.82 bits per heavy atom. The molecule has 22 heavy (non-hydrogen) atoms. The van der Waals surface area contributed by atoms with E-state index >= 15 is 0 Å². The molecule has 0 aliphatic carbocycles. The van der Waals surface area contributed by atoms with Crippen molar-refractivity contribution in [3.63, 3.8) is 0 Å². The van der Waals surface area contributed by atoms with Crippen LogP contribution in [0, 0.1) is 6.92 Å². The second-order valence-electron chi connectivity index (χ2n) is 5.36. The van der Waals surface area contributed by atoms with Crippen LogP contribution in [0.5, 0.6) is 0 Å². The molecule has 0 saturated carbocycles. The van der Waals surface area contributed by atoms with Gasteiger partial charge in [-0.2, -0.15) is 0 Å². The summed E-state index contributed by atoms with van der Waals surface area (Å²) < 4.78 is 27.0. The predicted octanol–water partition coefficient (Wildman–Crippen LogP) is 3.00. The molecule has 1 heterocycles. The Hall–Kier alpha value is -2.11. The van der Waals surface area contributed by atoms with E-state index < -0.39 is 10.0 Å². The van der Waals surface area contributed by atoms with Gasteiger partial charge in [0.15, 0.2) is 0 Å². The summed E-state index contributed by atoms with van der Waals surface area (Å²) in [6.45, 7) is 2.31. The summed E-state index contributed by atoms with van der Waals surface area (Å²) in [5.41, 5.74) is 3.24. The van der Waals surface area contributed by atoms with Crippen LogP contribution in [0.2, 0.25) is 0 Å². The molecule has 0 radical (unpaired) electrons. The van der Waals surface area contributed by atoms with Crippen molar-refractivity contribution in [1.29, 1.82) is 0 Å². The summed E-state index contributed by atoms with van der Waals surface area (Å²) in [7, 11) is -3.44. The highest BCUT2D eigenvalue weighted by Crippen LogP contribution is 2.15. The number of hydrogen-bond donors (Lipinski definition) is 2. The lowest BCUT2D eigenvalue weighted by Gasteiger charge is -2.07. The van der Waals surface area contributed by atoms with E-state index in [9.17, 15) is 8.42 Å². The normalized spacial score (nSPS) is 11.9. The summed E-state index contributed by atoms with van der Waals surface area (Å²) in [4.78, 5) is 3.45. The third-order valence-corrected chi connectivity index (χ3v) is 5.13. The summed E-state index contributed by atoms with van der Waals surface area (Å²) in [5, 5.41) is 1.14. The van der Waals surface area contributed by atoms with Crippen molar-refractivity contribution in [2.45, 2.75) is 18.2 Å². The van der Waals surface area contributed by atoms with Crippen molar-refractivity contribution >= 4 is 20.9 Å². The van der Waals surface area contributed by atoms with Crippen molar-refractivity contribution in [3.05, 3.63) is 65.9 Å². The summed E-state index contributed by atoms with van der Waals surface area (Å²) in [5.74, 6) is 0. The number of nitrogens with one attached hydrogen (secondary N) is 2. The zero-order valence-electron chi connectivity index (χ0n) is 12.3. The molecule has 0 aliphatic heterocycles. The van der Waals surface area contributed by atoms with Crippen LogP contribution in [0.25, 0.3) is 10.9 Å². The maximum atomic E-state index is 12.2. The van der Waals surface area contributed by atoms with Crippen LogP contribution in [-0.4, -0.2) is 19.9 Å². The molecule has 2 aromatic carbocycles. The first kappa shape index (κ1) is 14.8. The second kappa shape index (κ2) is 5.94. The van der Waals surface area contributed by atoms with Crippen LogP contribution in [0.15, 0.2) is 59.6 Å². The smallest absolute Gasteiger partial charge is 0.240 e. The molecule has 5 heteroatoms. The van der Waals surface area contributed by atoms with Gasteiger partial charge in [0, 0.05) is 18.3 Å². The average molecular weight is 314 g/mol. The van der Waals surface area contributed by atoms with E-state index in [1.54, 1.807) is 24.3 Å². The van der Waals surface area contributed by atoms with Gasteiger partial charge in [0.25, 0.3) is 0 Å². The molecule has 0 atom stereocenters. The van der Waals surface area contributed by atoms with E-state index in [1.807, 2.05) is 31.3 Å². The van der Waals surface area contributed by atoms with Crippen molar-refractivity contribution < 1.29 is 8.42 Å². The van der Waals surface area contributed by atoms with E-state index in [-0.39, 0.29) is 0 Å². The van der Waals surface area contributed by atoms with Crippen molar-refractivity contribution in [2.75, 3.05) is 6.54 Å². The van der Waals surface area contributed by atoms with Gasteiger partial charge in [-0.1, -0.05) is 23.8 Å². The van der Waals surface area contributed by atoms with Crippen molar-refractivity contribution in [2.24, 2.45) is 0 Å². The van der Waals surface area contributed by atoms with Crippen LogP contribution in [0.3, 0.4) is 0 Å². The molecule has 0 bridgehead atoms. The summed E-state index contributed by atoms with van der Waals surface area (Å²) >= 11 is 0. The highest BCUT2D eigenvalue weighted by Gasteiger charge is 2.12.